The van der Waals surface area contributed by atoms with Crippen LogP contribution in [-0.4, -0.2) is 42.1 Å². The van der Waals surface area contributed by atoms with Crippen molar-refractivity contribution >= 4 is 30.1 Å². The molecule has 1 amide bonds. The van der Waals surface area contributed by atoms with Gasteiger partial charge in [-0.3, -0.25) is 4.79 Å². The molecule has 0 aliphatic heterocycles. The van der Waals surface area contributed by atoms with Gasteiger partial charge in [-0.2, -0.15) is 4.98 Å². The molecule has 1 aromatic heterocycles. The number of rotatable bonds is 5. The number of hydrogen-bond donors (Lipinski definition) is 2. The number of anilines is 2. The monoisotopic (exact) mass is 425 g/mol. The molecule has 0 unspecified atom stereocenters. The van der Waals surface area contributed by atoms with Crippen LogP contribution in [0.1, 0.15) is 41.6 Å². The number of hydrogen-bond acceptors (Lipinski definition) is 5. The Bertz CT molecular complexity index is 857. The molecule has 0 saturated heterocycles. The lowest BCUT2D eigenvalue weighted by Gasteiger charge is -2.30. The zero-order valence-electron chi connectivity index (χ0n) is 16.7. The van der Waals surface area contributed by atoms with E-state index < -0.39 is 11.6 Å². The zero-order valence-corrected chi connectivity index (χ0v) is 17.5. The molecule has 1 heterocycles. The molecule has 1 aliphatic rings. The Kier molecular flexibility index (Phi) is 7.73. The summed E-state index contributed by atoms with van der Waals surface area (Å²) < 4.78 is 26.3. The minimum atomic E-state index is -1.02. The number of carbonyl (C=O) groups is 1. The van der Waals surface area contributed by atoms with Gasteiger partial charge in [0, 0.05) is 43.5 Å². The molecule has 6 nitrogen and oxygen atoms in total. The summed E-state index contributed by atoms with van der Waals surface area (Å²) in [6, 6.07) is 3.42. The van der Waals surface area contributed by atoms with E-state index in [1.807, 2.05) is 25.9 Å². The quantitative estimate of drug-likeness (QED) is 0.764. The highest BCUT2D eigenvalue weighted by Crippen LogP contribution is 2.23. The number of amides is 1. The van der Waals surface area contributed by atoms with Crippen LogP contribution in [-0.2, 0) is 0 Å². The Morgan fingerprint density at radius 2 is 1.76 bits per heavy atom. The lowest BCUT2D eigenvalue weighted by molar-refractivity contribution is 0.0926. The second-order valence-electron chi connectivity index (χ2n) is 7.39. The van der Waals surface area contributed by atoms with E-state index in [1.54, 1.807) is 6.20 Å². The summed E-state index contributed by atoms with van der Waals surface area (Å²) in [5.41, 5.74) is 1.14. The van der Waals surface area contributed by atoms with E-state index >= 15 is 0 Å². The van der Waals surface area contributed by atoms with Crippen LogP contribution < -0.4 is 15.5 Å². The fraction of sp³-hybridized carbons (Fsp3) is 0.450. The van der Waals surface area contributed by atoms with Gasteiger partial charge in [0.15, 0.2) is 11.6 Å². The fourth-order valence-corrected chi connectivity index (χ4v) is 3.43. The number of benzene rings is 1. The second kappa shape index (κ2) is 9.82. The first-order valence-corrected chi connectivity index (χ1v) is 9.37. The molecule has 0 radical (unpaired) electrons. The van der Waals surface area contributed by atoms with Crippen LogP contribution in [0.25, 0.3) is 0 Å². The topological polar surface area (TPSA) is 70.1 Å². The average Bonchev–Trinajstić information content (AvgIpc) is 2.66. The van der Waals surface area contributed by atoms with E-state index in [0.29, 0.717) is 5.95 Å². The van der Waals surface area contributed by atoms with Crippen LogP contribution in [0, 0.1) is 18.6 Å². The molecule has 1 saturated carbocycles. The number of aryl methyl sites for hydroxylation is 1. The minimum Gasteiger partial charge on any atom is -0.362 e. The Morgan fingerprint density at radius 1 is 1.10 bits per heavy atom. The maximum atomic E-state index is 13.3. The maximum Gasteiger partial charge on any atom is 0.251 e. The Labute approximate surface area is 175 Å². The molecule has 1 aliphatic carbocycles. The van der Waals surface area contributed by atoms with Gasteiger partial charge in [-0.1, -0.05) is 0 Å². The van der Waals surface area contributed by atoms with Crippen molar-refractivity contribution in [3.63, 3.8) is 0 Å². The van der Waals surface area contributed by atoms with Crippen molar-refractivity contribution in [2.45, 2.75) is 44.7 Å². The standard InChI is InChI=1S/C20H25F2N5O.ClH/c1-12-11-23-20(26-18(12)27(2)3)25-15-7-5-14(6-8-15)24-19(28)13-4-9-16(21)17(22)10-13;/h4,9-11,14-15H,5-8H2,1-3H3,(H,24,28)(H,23,25,26);1H. The molecule has 0 bridgehead atoms. The highest BCUT2D eigenvalue weighted by molar-refractivity contribution is 5.94. The van der Waals surface area contributed by atoms with Crippen molar-refractivity contribution in [1.82, 2.24) is 15.3 Å². The van der Waals surface area contributed by atoms with Gasteiger partial charge < -0.3 is 15.5 Å². The lowest BCUT2D eigenvalue weighted by atomic mass is 9.91. The van der Waals surface area contributed by atoms with Crippen LogP contribution in [0.5, 0.6) is 0 Å². The molecule has 3 rings (SSSR count). The van der Waals surface area contributed by atoms with Gasteiger partial charge in [-0.15, -0.1) is 12.4 Å². The van der Waals surface area contributed by atoms with Crippen molar-refractivity contribution in [1.29, 1.82) is 0 Å². The summed E-state index contributed by atoms with van der Waals surface area (Å²) in [6.45, 7) is 1.97. The third-order valence-electron chi connectivity index (χ3n) is 4.95. The molecule has 0 spiro atoms. The highest BCUT2D eigenvalue weighted by atomic mass is 35.5. The molecular weight excluding hydrogens is 400 g/mol. The third-order valence-corrected chi connectivity index (χ3v) is 4.95. The summed E-state index contributed by atoms with van der Waals surface area (Å²) in [5.74, 6) is -0.879. The molecule has 2 N–H and O–H groups in total. The van der Waals surface area contributed by atoms with E-state index in [2.05, 4.69) is 20.6 Å². The van der Waals surface area contributed by atoms with E-state index in [0.717, 1.165) is 49.2 Å². The third kappa shape index (κ3) is 5.76. The Morgan fingerprint density at radius 3 is 2.38 bits per heavy atom. The normalized spacial score (nSPS) is 18.5. The minimum absolute atomic E-state index is 0. The van der Waals surface area contributed by atoms with Gasteiger partial charge in [0.2, 0.25) is 5.95 Å². The van der Waals surface area contributed by atoms with Gasteiger partial charge >= 0.3 is 0 Å². The van der Waals surface area contributed by atoms with Gasteiger partial charge in [0.05, 0.1) is 0 Å². The van der Waals surface area contributed by atoms with Crippen molar-refractivity contribution in [2.24, 2.45) is 0 Å². The van der Waals surface area contributed by atoms with Gasteiger partial charge in [-0.25, -0.2) is 13.8 Å². The molecule has 2 aromatic rings. The summed E-state index contributed by atoms with van der Waals surface area (Å²) in [6.07, 6.45) is 5.10. The van der Waals surface area contributed by atoms with Crippen LogP contribution in [0.15, 0.2) is 24.4 Å². The number of nitrogens with zero attached hydrogens (tertiary/aromatic N) is 3. The molecule has 0 atom stereocenters. The highest BCUT2D eigenvalue weighted by Gasteiger charge is 2.24. The first-order chi connectivity index (χ1) is 13.3. The van der Waals surface area contributed by atoms with Crippen LogP contribution in [0.4, 0.5) is 20.5 Å². The molecule has 1 aromatic carbocycles. The molecule has 1 fully saturated rings. The van der Waals surface area contributed by atoms with Gasteiger partial charge in [-0.05, 0) is 50.8 Å². The summed E-state index contributed by atoms with van der Waals surface area (Å²) in [4.78, 5) is 23.1. The Hall–Kier alpha value is -2.48. The zero-order chi connectivity index (χ0) is 20.3. The molecule has 158 valence electrons. The number of halogens is 3. The van der Waals surface area contributed by atoms with Crippen LogP contribution in [0.3, 0.4) is 0 Å². The fourth-order valence-electron chi connectivity index (χ4n) is 3.43. The SMILES string of the molecule is Cc1cnc(NC2CCC(NC(=O)c3ccc(F)c(F)c3)CC2)nc1N(C)C.Cl. The van der Waals surface area contributed by atoms with E-state index in [-0.39, 0.29) is 36.0 Å². The van der Waals surface area contributed by atoms with Crippen LogP contribution >= 0.6 is 12.4 Å². The predicted molar refractivity (Wildman–Crippen MR) is 112 cm³/mol. The van der Waals surface area contributed by atoms with E-state index in [1.165, 1.54) is 6.07 Å². The van der Waals surface area contributed by atoms with E-state index in [9.17, 15) is 13.6 Å². The molecular formula is C20H26ClF2N5O. The van der Waals surface area contributed by atoms with Gasteiger partial charge in [0.1, 0.15) is 5.82 Å². The van der Waals surface area contributed by atoms with Crippen molar-refractivity contribution in [3.8, 4) is 0 Å². The van der Waals surface area contributed by atoms with Crippen molar-refractivity contribution < 1.29 is 13.6 Å². The first-order valence-electron chi connectivity index (χ1n) is 9.37. The number of nitrogens with one attached hydrogen (secondary N) is 2. The van der Waals surface area contributed by atoms with Gasteiger partial charge in [0.25, 0.3) is 5.91 Å². The molecule has 9 heteroatoms. The number of carbonyl (C=O) groups excluding carboxylic acids is 1. The van der Waals surface area contributed by atoms with Crippen molar-refractivity contribution in [3.05, 3.63) is 47.2 Å². The maximum absolute atomic E-state index is 13.3. The lowest BCUT2D eigenvalue weighted by Crippen LogP contribution is -2.40. The largest absolute Gasteiger partial charge is 0.362 e. The summed E-state index contributed by atoms with van der Waals surface area (Å²) in [7, 11) is 3.89. The Balaban J connectivity index is 0.00000300. The molecule has 29 heavy (non-hydrogen) atoms. The average molecular weight is 426 g/mol. The first kappa shape index (κ1) is 22.8. The summed E-state index contributed by atoms with van der Waals surface area (Å²) in [5, 5.41) is 6.27. The van der Waals surface area contributed by atoms with Crippen molar-refractivity contribution in [2.75, 3.05) is 24.3 Å². The summed E-state index contributed by atoms with van der Waals surface area (Å²) >= 11 is 0. The number of aromatic nitrogens is 2. The smallest absolute Gasteiger partial charge is 0.251 e. The second-order valence-corrected chi connectivity index (χ2v) is 7.39. The van der Waals surface area contributed by atoms with E-state index in [4.69, 9.17) is 0 Å². The van der Waals surface area contributed by atoms with Crippen LogP contribution in [0.2, 0.25) is 0 Å². The predicted octanol–water partition coefficient (Wildman–Crippen LogP) is 3.70.